The Hall–Kier alpha value is -0.790. The zero-order chi connectivity index (χ0) is 20.5. The number of carbonyl (C=O) groups excluding carboxylic acids is 1. The van der Waals surface area contributed by atoms with Crippen molar-refractivity contribution in [2.24, 2.45) is 0 Å². The summed E-state index contributed by atoms with van der Waals surface area (Å²) >= 11 is 0. The predicted molar refractivity (Wildman–Crippen MR) is 124 cm³/mol. The highest BCUT2D eigenvalue weighted by Gasteiger charge is 2.00. The third kappa shape index (κ3) is 23.2. The molecule has 0 aliphatic heterocycles. The number of rotatable bonds is 22. The minimum absolute atomic E-state index is 0.0699. The Morgan fingerprint density at radius 3 is 1.43 bits per heavy atom. The number of carbonyl (C=O) groups is 1. The first-order chi connectivity index (χ1) is 13.8. The minimum Gasteiger partial charge on any atom is -0.435 e. The van der Waals surface area contributed by atoms with Crippen LogP contribution in [0.3, 0.4) is 0 Å². The highest BCUT2D eigenvalue weighted by Crippen LogP contribution is 2.13. The summed E-state index contributed by atoms with van der Waals surface area (Å²) in [6.07, 6.45) is 30.4. The van der Waals surface area contributed by atoms with Crippen LogP contribution in [0.2, 0.25) is 0 Å². The maximum Gasteiger partial charge on any atom is 0.310 e. The number of allylic oxidation sites excluding steroid dienone is 1. The van der Waals surface area contributed by atoms with Crippen molar-refractivity contribution in [3.8, 4) is 0 Å². The largest absolute Gasteiger partial charge is 0.435 e. The molecular formula is C26H50O2. The fraction of sp³-hybridized carbons (Fsp3) is 0.885. The number of unbranched alkanes of at least 4 members (excludes halogenated alkanes) is 18. The highest BCUT2D eigenvalue weighted by molar-refractivity contribution is 5.69. The van der Waals surface area contributed by atoms with E-state index in [1.54, 1.807) is 6.26 Å². The van der Waals surface area contributed by atoms with E-state index in [1.807, 2.05) is 6.08 Å². The minimum atomic E-state index is -0.0699. The molecular weight excluding hydrogens is 344 g/mol. The van der Waals surface area contributed by atoms with Crippen molar-refractivity contribution in [1.82, 2.24) is 0 Å². The Bertz CT molecular complexity index is 335. The van der Waals surface area contributed by atoms with Crippen LogP contribution in [0.4, 0.5) is 0 Å². The first kappa shape index (κ1) is 27.2. The Morgan fingerprint density at radius 1 is 0.571 bits per heavy atom. The Labute approximate surface area is 176 Å². The molecule has 0 aromatic rings. The zero-order valence-electron chi connectivity index (χ0n) is 19.3. The van der Waals surface area contributed by atoms with Gasteiger partial charge in [-0.05, 0) is 25.3 Å². The van der Waals surface area contributed by atoms with E-state index in [4.69, 9.17) is 4.74 Å². The lowest BCUT2D eigenvalue weighted by Gasteiger charge is -2.02. The monoisotopic (exact) mass is 394 g/mol. The average Bonchev–Trinajstić information content (AvgIpc) is 2.70. The molecule has 2 heteroatoms. The van der Waals surface area contributed by atoms with Crippen LogP contribution in [0.5, 0.6) is 0 Å². The summed E-state index contributed by atoms with van der Waals surface area (Å²) in [7, 11) is 0. The summed E-state index contributed by atoms with van der Waals surface area (Å²) in [6.45, 7) is 4.52. The summed E-state index contributed by atoms with van der Waals surface area (Å²) in [5.74, 6) is -0.0699. The van der Waals surface area contributed by atoms with Crippen molar-refractivity contribution < 1.29 is 9.53 Å². The molecule has 0 aliphatic carbocycles. The Kier molecular flexibility index (Phi) is 23.6. The first-order valence-corrected chi connectivity index (χ1v) is 12.7. The topological polar surface area (TPSA) is 26.3 Å². The lowest BCUT2D eigenvalue weighted by atomic mass is 10.0. The van der Waals surface area contributed by atoms with E-state index in [1.165, 1.54) is 109 Å². The summed E-state index contributed by atoms with van der Waals surface area (Å²) in [4.78, 5) is 11.6. The van der Waals surface area contributed by atoms with E-state index in [0.717, 1.165) is 19.3 Å². The van der Waals surface area contributed by atoms with Crippen molar-refractivity contribution in [2.75, 3.05) is 0 Å². The van der Waals surface area contributed by atoms with Gasteiger partial charge in [-0.15, -0.1) is 0 Å². The third-order valence-electron chi connectivity index (χ3n) is 5.50. The van der Waals surface area contributed by atoms with Gasteiger partial charge in [0.2, 0.25) is 0 Å². The lowest BCUT2D eigenvalue weighted by molar-refractivity contribution is -0.138. The van der Waals surface area contributed by atoms with Crippen LogP contribution in [-0.4, -0.2) is 5.97 Å². The summed E-state index contributed by atoms with van der Waals surface area (Å²) in [5, 5.41) is 0. The van der Waals surface area contributed by atoms with Gasteiger partial charge in [0.05, 0.1) is 6.26 Å². The molecule has 0 unspecified atom stereocenters. The average molecular weight is 395 g/mol. The first-order valence-electron chi connectivity index (χ1n) is 12.7. The maximum atomic E-state index is 11.6. The molecule has 0 aromatic heterocycles. The molecule has 28 heavy (non-hydrogen) atoms. The summed E-state index contributed by atoms with van der Waals surface area (Å²) in [6, 6.07) is 0. The fourth-order valence-electron chi connectivity index (χ4n) is 3.58. The highest BCUT2D eigenvalue weighted by atomic mass is 16.5. The Morgan fingerprint density at radius 2 is 0.964 bits per heavy atom. The van der Waals surface area contributed by atoms with Crippen molar-refractivity contribution >= 4 is 5.97 Å². The van der Waals surface area contributed by atoms with Crippen molar-refractivity contribution in [1.29, 1.82) is 0 Å². The van der Waals surface area contributed by atoms with E-state index in [9.17, 15) is 4.79 Å². The molecule has 0 bridgehead atoms. The van der Waals surface area contributed by atoms with E-state index < -0.39 is 0 Å². The summed E-state index contributed by atoms with van der Waals surface area (Å²) in [5.41, 5.74) is 0. The van der Waals surface area contributed by atoms with Gasteiger partial charge in [0.1, 0.15) is 0 Å². The quantitative estimate of drug-likeness (QED) is 0.104. The van der Waals surface area contributed by atoms with Gasteiger partial charge in [-0.2, -0.15) is 0 Å². The number of esters is 1. The van der Waals surface area contributed by atoms with Gasteiger partial charge in [0.25, 0.3) is 0 Å². The van der Waals surface area contributed by atoms with Gasteiger partial charge in [-0.1, -0.05) is 123 Å². The molecule has 2 nitrogen and oxygen atoms in total. The standard InChI is InChI=1S/C26H50O2/c1-3-5-7-9-11-12-13-14-15-16-17-19-21-23-25-28-26(27)24-22-20-18-10-8-6-4-2/h23,25H,3-22,24H2,1-2H3. The fourth-order valence-corrected chi connectivity index (χ4v) is 3.58. The molecule has 0 atom stereocenters. The zero-order valence-corrected chi connectivity index (χ0v) is 19.3. The lowest BCUT2D eigenvalue weighted by Crippen LogP contribution is -1.98. The molecule has 0 aromatic carbocycles. The smallest absolute Gasteiger partial charge is 0.310 e. The molecule has 0 N–H and O–H groups in total. The SMILES string of the molecule is CCCCCCCCCCCCCCC=COC(=O)CCCCCCCCC. The molecule has 0 saturated heterocycles. The van der Waals surface area contributed by atoms with E-state index >= 15 is 0 Å². The van der Waals surface area contributed by atoms with Crippen LogP contribution >= 0.6 is 0 Å². The predicted octanol–water partition coefficient (Wildman–Crippen LogP) is 9.28. The maximum absolute atomic E-state index is 11.6. The van der Waals surface area contributed by atoms with Gasteiger partial charge in [0, 0.05) is 6.42 Å². The summed E-state index contributed by atoms with van der Waals surface area (Å²) < 4.78 is 5.17. The normalized spacial score (nSPS) is 11.4. The molecule has 0 amide bonds. The van der Waals surface area contributed by atoms with E-state index in [0.29, 0.717) is 6.42 Å². The van der Waals surface area contributed by atoms with E-state index in [2.05, 4.69) is 13.8 Å². The van der Waals surface area contributed by atoms with Crippen LogP contribution in [0, 0.1) is 0 Å². The van der Waals surface area contributed by atoms with Crippen molar-refractivity contribution in [3.63, 3.8) is 0 Å². The van der Waals surface area contributed by atoms with Crippen molar-refractivity contribution in [2.45, 2.75) is 149 Å². The van der Waals surface area contributed by atoms with Crippen LogP contribution in [0.1, 0.15) is 149 Å². The van der Waals surface area contributed by atoms with Crippen LogP contribution < -0.4 is 0 Å². The van der Waals surface area contributed by atoms with E-state index in [-0.39, 0.29) is 5.97 Å². The van der Waals surface area contributed by atoms with Crippen LogP contribution in [-0.2, 0) is 9.53 Å². The van der Waals surface area contributed by atoms with Crippen LogP contribution in [0.25, 0.3) is 0 Å². The molecule has 0 radical (unpaired) electrons. The number of hydrogen-bond acceptors (Lipinski definition) is 2. The molecule has 0 rings (SSSR count). The van der Waals surface area contributed by atoms with Gasteiger partial charge >= 0.3 is 5.97 Å². The van der Waals surface area contributed by atoms with Gasteiger partial charge in [-0.25, -0.2) is 0 Å². The van der Waals surface area contributed by atoms with Gasteiger partial charge in [-0.3, -0.25) is 4.79 Å². The molecule has 0 spiro atoms. The van der Waals surface area contributed by atoms with Crippen LogP contribution in [0.15, 0.2) is 12.3 Å². The number of ether oxygens (including phenoxy) is 1. The van der Waals surface area contributed by atoms with Gasteiger partial charge in [0.15, 0.2) is 0 Å². The van der Waals surface area contributed by atoms with Crippen molar-refractivity contribution in [3.05, 3.63) is 12.3 Å². The Balaban J connectivity index is 3.21. The third-order valence-corrected chi connectivity index (χ3v) is 5.50. The molecule has 0 fully saturated rings. The second-order valence-corrected chi connectivity index (χ2v) is 8.41. The molecule has 166 valence electrons. The number of hydrogen-bond donors (Lipinski definition) is 0. The van der Waals surface area contributed by atoms with Gasteiger partial charge < -0.3 is 4.74 Å². The molecule has 0 heterocycles. The second-order valence-electron chi connectivity index (χ2n) is 8.41. The second kappa shape index (κ2) is 24.2. The molecule has 0 saturated carbocycles. The molecule has 0 aliphatic rings.